The molecule has 0 saturated carbocycles. The van der Waals surface area contributed by atoms with Crippen molar-refractivity contribution in [2.24, 2.45) is 0 Å². The van der Waals surface area contributed by atoms with Crippen molar-refractivity contribution in [1.82, 2.24) is 15.1 Å². The molecule has 7 nitrogen and oxygen atoms in total. The van der Waals surface area contributed by atoms with Crippen LogP contribution >= 0.6 is 22.9 Å². The van der Waals surface area contributed by atoms with Gasteiger partial charge in [0.25, 0.3) is 0 Å². The maximum Gasteiger partial charge on any atom is 0.439 e. The van der Waals surface area contributed by atoms with E-state index in [1.807, 2.05) is 29.6 Å². The van der Waals surface area contributed by atoms with E-state index in [4.69, 9.17) is 11.6 Å². The van der Waals surface area contributed by atoms with Crippen molar-refractivity contribution in [1.29, 1.82) is 0 Å². The minimum atomic E-state index is -0.619. The van der Waals surface area contributed by atoms with Gasteiger partial charge in [0.1, 0.15) is 5.01 Å². The fourth-order valence-electron chi connectivity index (χ4n) is 2.58. The van der Waals surface area contributed by atoms with E-state index in [9.17, 15) is 9.59 Å². The SMILES string of the molecule is O=C(Cc1csc(-c2ccccc2Cl)n1)Nc1ccc(-c2noc(=O)[nH]2)cc1. The van der Waals surface area contributed by atoms with Crippen LogP contribution in [-0.2, 0) is 11.2 Å². The molecule has 28 heavy (non-hydrogen) atoms. The van der Waals surface area contributed by atoms with E-state index in [2.05, 4.69) is 25.0 Å². The van der Waals surface area contributed by atoms with Gasteiger partial charge in [-0.15, -0.1) is 11.3 Å². The van der Waals surface area contributed by atoms with Crippen LogP contribution in [0, 0.1) is 0 Å². The number of anilines is 1. The average Bonchev–Trinajstić information content (AvgIpc) is 3.32. The zero-order chi connectivity index (χ0) is 19.5. The molecular formula is C19H13ClN4O3S. The number of thiazole rings is 1. The first kappa shape index (κ1) is 18.1. The first-order valence-corrected chi connectivity index (χ1v) is 9.50. The van der Waals surface area contributed by atoms with Gasteiger partial charge in [0, 0.05) is 22.2 Å². The van der Waals surface area contributed by atoms with Crippen molar-refractivity contribution in [2.75, 3.05) is 5.32 Å². The fourth-order valence-corrected chi connectivity index (χ4v) is 3.72. The lowest BCUT2D eigenvalue weighted by Gasteiger charge is -2.04. The minimum absolute atomic E-state index is 0.152. The third-order valence-electron chi connectivity index (χ3n) is 3.88. The number of halogens is 1. The number of nitrogens with one attached hydrogen (secondary N) is 2. The Hall–Kier alpha value is -3.23. The standard InChI is InChI=1S/C19H13ClN4O3S/c20-15-4-2-1-3-14(15)18-22-13(10-28-18)9-16(25)21-12-7-5-11(6-8-12)17-23-19(26)27-24-17/h1-8,10H,9H2,(H,21,25)(H,23,24,26). The van der Waals surface area contributed by atoms with Crippen LogP contribution in [0.4, 0.5) is 5.69 Å². The molecule has 0 aliphatic carbocycles. The second-order valence-electron chi connectivity index (χ2n) is 5.87. The van der Waals surface area contributed by atoms with E-state index < -0.39 is 5.76 Å². The topological polar surface area (TPSA) is 101 Å². The predicted octanol–water partition coefficient (Wildman–Crippen LogP) is 3.99. The lowest BCUT2D eigenvalue weighted by Crippen LogP contribution is -2.14. The van der Waals surface area contributed by atoms with Gasteiger partial charge in [-0.3, -0.25) is 14.3 Å². The lowest BCUT2D eigenvalue weighted by molar-refractivity contribution is -0.115. The molecule has 0 spiro atoms. The Balaban J connectivity index is 1.41. The van der Waals surface area contributed by atoms with Crippen LogP contribution in [0.5, 0.6) is 0 Å². The number of nitrogens with zero attached hydrogens (tertiary/aromatic N) is 2. The Kier molecular flexibility index (Phi) is 5.05. The third-order valence-corrected chi connectivity index (χ3v) is 5.13. The molecule has 140 valence electrons. The van der Waals surface area contributed by atoms with Crippen LogP contribution in [0.3, 0.4) is 0 Å². The number of aromatic nitrogens is 3. The van der Waals surface area contributed by atoms with Crippen molar-refractivity contribution in [2.45, 2.75) is 6.42 Å². The van der Waals surface area contributed by atoms with E-state index in [1.165, 1.54) is 11.3 Å². The number of aromatic amines is 1. The van der Waals surface area contributed by atoms with Crippen LogP contribution in [0.2, 0.25) is 5.02 Å². The van der Waals surface area contributed by atoms with E-state index in [-0.39, 0.29) is 12.3 Å². The summed E-state index contributed by atoms with van der Waals surface area (Å²) in [5.74, 6) is -0.470. The van der Waals surface area contributed by atoms with Crippen LogP contribution in [0.25, 0.3) is 22.0 Å². The maximum atomic E-state index is 12.3. The molecule has 0 aliphatic heterocycles. The normalized spacial score (nSPS) is 10.8. The summed E-state index contributed by atoms with van der Waals surface area (Å²) < 4.78 is 4.48. The summed E-state index contributed by atoms with van der Waals surface area (Å²) in [6, 6.07) is 14.3. The molecule has 2 aromatic carbocycles. The Morgan fingerprint density at radius 2 is 1.96 bits per heavy atom. The smallest absolute Gasteiger partial charge is 0.326 e. The summed E-state index contributed by atoms with van der Waals surface area (Å²) in [7, 11) is 0. The largest absolute Gasteiger partial charge is 0.439 e. The van der Waals surface area contributed by atoms with E-state index in [0.717, 1.165) is 10.6 Å². The second kappa shape index (κ2) is 7.79. The van der Waals surface area contributed by atoms with Gasteiger partial charge in [-0.05, 0) is 30.3 Å². The van der Waals surface area contributed by atoms with Gasteiger partial charge in [0.2, 0.25) is 5.91 Å². The summed E-state index contributed by atoms with van der Waals surface area (Å²) >= 11 is 7.64. The first-order valence-electron chi connectivity index (χ1n) is 8.24. The molecule has 0 radical (unpaired) electrons. The second-order valence-corrected chi connectivity index (χ2v) is 7.14. The summed E-state index contributed by atoms with van der Waals surface area (Å²) in [6.07, 6.45) is 0.152. The summed E-state index contributed by atoms with van der Waals surface area (Å²) in [6.45, 7) is 0. The molecular weight excluding hydrogens is 400 g/mol. The van der Waals surface area contributed by atoms with Crippen LogP contribution in [0.15, 0.2) is 63.2 Å². The maximum absolute atomic E-state index is 12.3. The summed E-state index contributed by atoms with van der Waals surface area (Å²) in [5.41, 5.74) is 2.82. The highest BCUT2D eigenvalue weighted by molar-refractivity contribution is 7.13. The lowest BCUT2D eigenvalue weighted by atomic mass is 10.2. The van der Waals surface area contributed by atoms with Gasteiger partial charge < -0.3 is 5.32 Å². The number of benzene rings is 2. The highest BCUT2D eigenvalue weighted by Crippen LogP contribution is 2.30. The third kappa shape index (κ3) is 4.03. The van der Waals surface area contributed by atoms with Crippen molar-refractivity contribution in [3.63, 3.8) is 0 Å². The number of H-pyrrole nitrogens is 1. The molecule has 4 aromatic rings. The monoisotopic (exact) mass is 412 g/mol. The molecule has 4 rings (SSSR count). The molecule has 1 amide bonds. The molecule has 0 atom stereocenters. The van der Waals surface area contributed by atoms with Gasteiger partial charge in [-0.1, -0.05) is 35.0 Å². The number of amides is 1. The predicted molar refractivity (Wildman–Crippen MR) is 107 cm³/mol. The molecule has 2 N–H and O–H groups in total. The molecule has 0 saturated heterocycles. The number of hydrogen-bond donors (Lipinski definition) is 2. The molecule has 0 aliphatic rings. The zero-order valence-corrected chi connectivity index (χ0v) is 15.9. The quantitative estimate of drug-likeness (QED) is 0.516. The molecule has 0 unspecified atom stereocenters. The molecule has 0 bridgehead atoms. The van der Waals surface area contributed by atoms with Crippen molar-refractivity contribution in [3.8, 4) is 22.0 Å². The van der Waals surface area contributed by atoms with Crippen LogP contribution < -0.4 is 11.1 Å². The van der Waals surface area contributed by atoms with Gasteiger partial charge in [-0.2, -0.15) is 0 Å². The molecule has 9 heteroatoms. The molecule has 0 fully saturated rings. The molecule has 2 aromatic heterocycles. The summed E-state index contributed by atoms with van der Waals surface area (Å²) in [4.78, 5) is 30.3. The fraction of sp³-hybridized carbons (Fsp3) is 0.0526. The van der Waals surface area contributed by atoms with Gasteiger partial charge in [0.05, 0.1) is 17.1 Å². The molecule has 2 heterocycles. The van der Waals surface area contributed by atoms with E-state index in [0.29, 0.717) is 27.8 Å². The van der Waals surface area contributed by atoms with Crippen molar-refractivity contribution >= 4 is 34.5 Å². The number of hydrogen-bond acceptors (Lipinski definition) is 6. The number of carbonyl (C=O) groups excluding carboxylic acids is 1. The van der Waals surface area contributed by atoms with Gasteiger partial charge in [0.15, 0.2) is 5.82 Å². The summed E-state index contributed by atoms with van der Waals surface area (Å²) in [5, 5.41) is 9.69. The number of rotatable bonds is 5. The van der Waals surface area contributed by atoms with Crippen molar-refractivity contribution in [3.05, 3.63) is 75.2 Å². The Bertz CT molecular complexity index is 1180. The van der Waals surface area contributed by atoms with Crippen LogP contribution in [0.1, 0.15) is 5.69 Å². The van der Waals surface area contributed by atoms with E-state index >= 15 is 0 Å². The van der Waals surface area contributed by atoms with Crippen LogP contribution in [-0.4, -0.2) is 21.0 Å². The Morgan fingerprint density at radius 3 is 2.68 bits per heavy atom. The average molecular weight is 413 g/mol. The highest BCUT2D eigenvalue weighted by atomic mass is 35.5. The zero-order valence-electron chi connectivity index (χ0n) is 14.3. The van der Waals surface area contributed by atoms with Gasteiger partial charge >= 0.3 is 5.76 Å². The highest BCUT2D eigenvalue weighted by Gasteiger charge is 2.11. The number of carbonyl (C=O) groups is 1. The first-order chi connectivity index (χ1) is 13.6. The Labute approximate surface area is 168 Å². The van der Waals surface area contributed by atoms with Gasteiger partial charge in [-0.25, -0.2) is 9.78 Å². The minimum Gasteiger partial charge on any atom is -0.326 e. The van der Waals surface area contributed by atoms with E-state index in [1.54, 1.807) is 24.3 Å². The Morgan fingerprint density at radius 1 is 1.18 bits per heavy atom. The van der Waals surface area contributed by atoms with Crippen molar-refractivity contribution < 1.29 is 9.32 Å².